The smallest absolute Gasteiger partial charge is 0.115 e. The number of hydrogen-bond acceptors (Lipinski definition) is 3. The average Bonchev–Trinajstić information content (AvgIpc) is 2.58. The molecule has 0 aromatic heterocycles. The Morgan fingerprint density at radius 2 is 2.07 bits per heavy atom. The summed E-state index contributed by atoms with van der Waals surface area (Å²) in [5.41, 5.74) is 0. The minimum Gasteiger partial charge on any atom is -0.494 e. The summed E-state index contributed by atoms with van der Waals surface area (Å²) in [6.07, 6.45) is 4.11. The third-order valence-corrected chi connectivity index (χ3v) is 4.47. The van der Waals surface area contributed by atoms with Crippen LogP contribution in [0, 0.1) is 0 Å². The molecule has 0 aromatic rings. The summed E-state index contributed by atoms with van der Waals surface area (Å²) >= 11 is 1.87. The fourth-order valence-electron chi connectivity index (χ4n) is 2.27. The maximum absolute atomic E-state index is 5.97. The number of thioether (sulfide) groups is 1. The highest BCUT2D eigenvalue weighted by atomic mass is 32.2. The molecule has 86 valence electrons. The maximum atomic E-state index is 5.97. The first-order valence-electron chi connectivity index (χ1n) is 5.72. The lowest BCUT2D eigenvalue weighted by atomic mass is 10.2. The van der Waals surface area contributed by atoms with Gasteiger partial charge in [0.2, 0.25) is 0 Å². The average molecular weight is 228 g/mol. The van der Waals surface area contributed by atoms with Gasteiger partial charge in [0.25, 0.3) is 0 Å². The lowest BCUT2D eigenvalue weighted by Crippen LogP contribution is -2.19. The molecule has 3 atom stereocenters. The molecule has 3 unspecified atom stereocenters. The summed E-state index contributed by atoms with van der Waals surface area (Å²) in [6.45, 7) is 8.54. The Morgan fingerprint density at radius 3 is 2.53 bits per heavy atom. The van der Waals surface area contributed by atoms with Crippen LogP contribution in [0.2, 0.25) is 0 Å². The predicted molar refractivity (Wildman–Crippen MR) is 63.6 cm³/mol. The zero-order valence-electron chi connectivity index (χ0n) is 10.0. The zero-order valence-corrected chi connectivity index (χ0v) is 10.8. The van der Waals surface area contributed by atoms with E-state index in [0.29, 0.717) is 12.2 Å². The van der Waals surface area contributed by atoms with Crippen molar-refractivity contribution in [2.45, 2.75) is 64.1 Å². The normalized spacial score (nSPS) is 41.1. The van der Waals surface area contributed by atoms with Gasteiger partial charge in [-0.1, -0.05) is 11.8 Å². The van der Waals surface area contributed by atoms with E-state index < -0.39 is 0 Å². The largest absolute Gasteiger partial charge is 0.494 e. The van der Waals surface area contributed by atoms with E-state index in [2.05, 4.69) is 27.7 Å². The summed E-state index contributed by atoms with van der Waals surface area (Å²) in [4.78, 5) is 1.35. The fraction of sp³-hybridized carbons (Fsp3) is 0.833. The Kier molecular flexibility index (Phi) is 3.04. The number of rotatable bonds is 2. The lowest BCUT2D eigenvalue weighted by molar-refractivity contribution is 0.0442. The summed E-state index contributed by atoms with van der Waals surface area (Å²) in [5.74, 6) is 1.09. The van der Waals surface area contributed by atoms with Crippen LogP contribution >= 0.6 is 11.8 Å². The first-order valence-corrected chi connectivity index (χ1v) is 6.53. The molecule has 0 aliphatic carbocycles. The van der Waals surface area contributed by atoms with Gasteiger partial charge in [-0.15, -0.1) is 0 Å². The van der Waals surface area contributed by atoms with Crippen molar-refractivity contribution in [3.05, 3.63) is 10.7 Å². The van der Waals surface area contributed by atoms with Crippen LogP contribution in [-0.4, -0.2) is 17.1 Å². The van der Waals surface area contributed by atoms with E-state index in [1.54, 1.807) is 0 Å². The van der Waals surface area contributed by atoms with Gasteiger partial charge in [-0.25, -0.2) is 0 Å². The van der Waals surface area contributed by atoms with E-state index in [4.69, 9.17) is 9.47 Å². The molecule has 0 saturated carbocycles. The number of hydrogen-bond donors (Lipinski definition) is 0. The molecule has 0 spiro atoms. The second kappa shape index (κ2) is 4.02. The van der Waals surface area contributed by atoms with E-state index in [1.165, 1.54) is 11.3 Å². The molecular formula is C12H20O2S. The minimum absolute atomic E-state index is 0.0244. The summed E-state index contributed by atoms with van der Waals surface area (Å²) in [6, 6.07) is 0. The number of allylic oxidation sites excluding steroid dienone is 1. The van der Waals surface area contributed by atoms with Crippen LogP contribution in [0.3, 0.4) is 0 Å². The summed E-state index contributed by atoms with van der Waals surface area (Å²) in [7, 11) is 0. The van der Waals surface area contributed by atoms with Crippen molar-refractivity contribution in [3.63, 3.8) is 0 Å². The summed E-state index contributed by atoms with van der Waals surface area (Å²) in [5, 5.41) is 0. The third-order valence-electron chi connectivity index (χ3n) is 3.04. The van der Waals surface area contributed by atoms with Crippen LogP contribution in [0.5, 0.6) is 0 Å². The van der Waals surface area contributed by atoms with Crippen LogP contribution in [-0.2, 0) is 9.47 Å². The molecule has 2 heterocycles. The van der Waals surface area contributed by atoms with Gasteiger partial charge in [-0.05, 0) is 40.5 Å². The molecular weight excluding hydrogens is 208 g/mol. The van der Waals surface area contributed by atoms with Crippen molar-refractivity contribution in [3.8, 4) is 0 Å². The monoisotopic (exact) mass is 228 g/mol. The van der Waals surface area contributed by atoms with Crippen LogP contribution < -0.4 is 0 Å². The van der Waals surface area contributed by atoms with Gasteiger partial charge in [0.05, 0.1) is 6.10 Å². The summed E-state index contributed by atoms with van der Waals surface area (Å²) < 4.78 is 11.6. The van der Waals surface area contributed by atoms with E-state index in [1.807, 2.05) is 11.8 Å². The minimum atomic E-state index is -0.0244. The second-order valence-corrected chi connectivity index (χ2v) is 6.38. The Hall–Kier alpha value is -0.150. The molecule has 2 aliphatic rings. The number of ether oxygens (including phenoxy) is 2. The van der Waals surface area contributed by atoms with Gasteiger partial charge in [0.1, 0.15) is 16.8 Å². The maximum Gasteiger partial charge on any atom is 0.115 e. The molecule has 2 nitrogen and oxygen atoms in total. The molecule has 2 aliphatic heterocycles. The molecule has 15 heavy (non-hydrogen) atoms. The molecule has 0 aromatic carbocycles. The van der Waals surface area contributed by atoms with Crippen LogP contribution in [0.15, 0.2) is 10.7 Å². The molecule has 0 bridgehead atoms. The predicted octanol–water partition coefficient (Wildman–Crippen LogP) is 3.68. The Bertz CT molecular complexity index is 287. The molecule has 0 amide bonds. The van der Waals surface area contributed by atoms with Gasteiger partial charge in [-0.3, -0.25) is 0 Å². The van der Waals surface area contributed by atoms with Crippen molar-refractivity contribution in [2.75, 3.05) is 0 Å². The van der Waals surface area contributed by atoms with Crippen molar-refractivity contribution < 1.29 is 9.47 Å². The molecule has 0 N–H and O–H groups in total. The van der Waals surface area contributed by atoms with Crippen molar-refractivity contribution in [2.24, 2.45) is 0 Å². The van der Waals surface area contributed by atoms with Gasteiger partial charge in [-0.2, -0.15) is 0 Å². The topological polar surface area (TPSA) is 18.5 Å². The molecule has 1 fully saturated rings. The Balaban J connectivity index is 2.00. The van der Waals surface area contributed by atoms with Crippen molar-refractivity contribution in [1.29, 1.82) is 0 Å². The lowest BCUT2D eigenvalue weighted by Gasteiger charge is -2.23. The van der Waals surface area contributed by atoms with Gasteiger partial charge >= 0.3 is 0 Å². The molecule has 0 radical (unpaired) electrons. The standard InChI is InChI=1S/C12H20O2S/c1-8-5-6-12(4,14-8)15-11-7-9(2)13-10(11)3/h8-9H,5-7H2,1-4H3. The van der Waals surface area contributed by atoms with Crippen molar-refractivity contribution >= 4 is 11.8 Å². The van der Waals surface area contributed by atoms with Gasteiger partial charge < -0.3 is 9.47 Å². The van der Waals surface area contributed by atoms with E-state index in [0.717, 1.165) is 18.6 Å². The SMILES string of the molecule is CC1=C(SC2(C)CCC(C)O2)CC(C)O1. The molecule has 3 heteroatoms. The van der Waals surface area contributed by atoms with Crippen LogP contribution in [0.25, 0.3) is 0 Å². The van der Waals surface area contributed by atoms with Crippen molar-refractivity contribution in [1.82, 2.24) is 0 Å². The highest BCUT2D eigenvalue weighted by Gasteiger charge is 2.37. The Labute approximate surface area is 96.4 Å². The Morgan fingerprint density at radius 1 is 1.33 bits per heavy atom. The van der Waals surface area contributed by atoms with Gasteiger partial charge in [0, 0.05) is 11.3 Å². The van der Waals surface area contributed by atoms with Gasteiger partial charge in [0.15, 0.2) is 0 Å². The first kappa shape index (κ1) is 11.3. The van der Waals surface area contributed by atoms with Crippen LogP contribution in [0.4, 0.5) is 0 Å². The first-order chi connectivity index (χ1) is 6.98. The van der Waals surface area contributed by atoms with Crippen LogP contribution in [0.1, 0.15) is 47.0 Å². The third kappa shape index (κ3) is 2.51. The molecule has 1 saturated heterocycles. The quantitative estimate of drug-likeness (QED) is 0.718. The fourth-order valence-corrected chi connectivity index (χ4v) is 3.74. The van der Waals surface area contributed by atoms with E-state index in [-0.39, 0.29) is 4.93 Å². The highest BCUT2D eigenvalue weighted by Crippen LogP contribution is 2.47. The van der Waals surface area contributed by atoms with E-state index >= 15 is 0 Å². The zero-order chi connectivity index (χ0) is 11.1. The second-order valence-electron chi connectivity index (χ2n) is 4.81. The van der Waals surface area contributed by atoms with E-state index in [9.17, 15) is 0 Å². The molecule has 2 rings (SSSR count). The highest BCUT2D eigenvalue weighted by molar-refractivity contribution is 8.04.